The van der Waals surface area contributed by atoms with E-state index in [1.54, 1.807) is 11.8 Å². The molecule has 0 saturated carbocycles. The highest BCUT2D eigenvalue weighted by Crippen LogP contribution is 2.17. The van der Waals surface area contributed by atoms with Crippen LogP contribution in [0.2, 0.25) is 0 Å². The molecule has 1 rings (SSSR count). The van der Waals surface area contributed by atoms with E-state index >= 15 is 0 Å². The minimum absolute atomic E-state index is 0.0231. The Kier molecular flexibility index (Phi) is 2.84. The Hall–Kier alpha value is -0.860. The maximum Gasteiger partial charge on any atom is 0.220 e. The fourth-order valence-electron chi connectivity index (χ4n) is 1.73. The Morgan fingerprint density at radius 2 is 1.92 bits per heavy atom. The second-order valence-electron chi connectivity index (χ2n) is 3.33. The van der Waals surface area contributed by atoms with Gasteiger partial charge in [0.05, 0.1) is 6.04 Å². The molecule has 1 saturated heterocycles. The molecular formula is C9H15NO2. The minimum Gasteiger partial charge on any atom is -0.333 e. The topological polar surface area (TPSA) is 37.4 Å². The number of carbonyl (C=O) groups is 2. The predicted octanol–water partition coefficient (Wildman–Crippen LogP) is 0.976. The van der Waals surface area contributed by atoms with Gasteiger partial charge in [0.25, 0.3) is 0 Å². The van der Waals surface area contributed by atoms with E-state index in [2.05, 4.69) is 0 Å². The zero-order valence-electron chi connectivity index (χ0n) is 7.67. The molecule has 1 aliphatic rings. The first-order chi connectivity index (χ1) is 5.63. The third kappa shape index (κ3) is 1.84. The van der Waals surface area contributed by atoms with Crippen LogP contribution < -0.4 is 0 Å². The summed E-state index contributed by atoms with van der Waals surface area (Å²) in [5.74, 6) is 0.139. The number of ketones is 1. The number of amides is 1. The Morgan fingerprint density at radius 1 is 1.25 bits per heavy atom. The molecule has 1 aliphatic heterocycles. The van der Waals surface area contributed by atoms with Gasteiger partial charge in [-0.15, -0.1) is 0 Å². The van der Waals surface area contributed by atoms with Crippen LogP contribution in [0.15, 0.2) is 0 Å². The standard InChI is InChI=1S/C9H15NO2/c1-7(11)9-5-3-4-6-10(9)8(2)12/h9H,3-6H2,1-2H3. The van der Waals surface area contributed by atoms with Crippen LogP contribution in [0, 0.1) is 0 Å². The van der Waals surface area contributed by atoms with Crippen LogP contribution in [0.25, 0.3) is 0 Å². The van der Waals surface area contributed by atoms with Gasteiger partial charge in [-0.05, 0) is 26.2 Å². The fraction of sp³-hybridized carbons (Fsp3) is 0.778. The van der Waals surface area contributed by atoms with Crippen molar-refractivity contribution >= 4 is 11.7 Å². The molecule has 0 aromatic heterocycles. The number of hydrogen-bond acceptors (Lipinski definition) is 2. The summed E-state index contributed by atoms with van der Waals surface area (Å²) in [4.78, 5) is 23.9. The minimum atomic E-state index is -0.142. The number of likely N-dealkylation sites (tertiary alicyclic amines) is 1. The van der Waals surface area contributed by atoms with E-state index in [1.807, 2.05) is 0 Å². The van der Waals surface area contributed by atoms with E-state index in [1.165, 1.54) is 6.92 Å². The average Bonchev–Trinajstić information content (AvgIpc) is 2.04. The molecule has 0 aromatic carbocycles. The molecule has 0 spiro atoms. The van der Waals surface area contributed by atoms with Crippen molar-refractivity contribution in [3.63, 3.8) is 0 Å². The van der Waals surface area contributed by atoms with Crippen molar-refractivity contribution in [1.29, 1.82) is 0 Å². The summed E-state index contributed by atoms with van der Waals surface area (Å²) < 4.78 is 0. The van der Waals surface area contributed by atoms with E-state index in [4.69, 9.17) is 0 Å². The van der Waals surface area contributed by atoms with Gasteiger partial charge >= 0.3 is 0 Å². The van der Waals surface area contributed by atoms with Crippen molar-refractivity contribution < 1.29 is 9.59 Å². The maximum absolute atomic E-state index is 11.1. The third-order valence-corrected chi connectivity index (χ3v) is 2.38. The number of nitrogens with zero attached hydrogens (tertiary/aromatic N) is 1. The van der Waals surface area contributed by atoms with Crippen molar-refractivity contribution in [2.45, 2.75) is 39.2 Å². The molecule has 12 heavy (non-hydrogen) atoms. The van der Waals surface area contributed by atoms with Gasteiger partial charge in [0.15, 0.2) is 5.78 Å². The molecule has 3 heteroatoms. The summed E-state index contributed by atoms with van der Waals surface area (Å²) in [7, 11) is 0. The molecule has 1 amide bonds. The van der Waals surface area contributed by atoms with E-state index in [-0.39, 0.29) is 17.7 Å². The second-order valence-corrected chi connectivity index (χ2v) is 3.33. The molecular weight excluding hydrogens is 154 g/mol. The lowest BCUT2D eigenvalue weighted by atomic mass is 9.99. The van der Waals surface area contributed by atoms with Gasteiger partial charge in [-0.25, -0.2) is 0 Å². The van der Waals surface area contributed by atoms with Gasteiger partial charge in [0.1, 0.15) is 0 Å². The number of Topliss-reactive ketones (excluding diaryl/α,β-unsaturated/α-hetero) is 1. The molecule has 3 nitrogen and oxygen atoms in total. The van der Waals surface area contributed by atoms with Gasteiger partial charge in [-0.2, -0.15) is 0 Å². The molecule has 1 unspecified atom stereocenters. The van der Waals surface area contributed by atoms with Crippen LogP contribution in [-0.2, 0) is 9.59 Å². The lowest BCUT2D eigenvalue weighted by Crippen LogP contribution is -2.46. The summed E-state index contributed by atoms with van der Waals surface area (Å²) in [5, 5.41) is 0. The van der Waals surface area contributed by atoms with Crippen molar-refractivity contribution in [3.05, 3.63) is 0 Å². The molecule has 1 heterocycles. The van der Waals surface area contributed by atoms with Crippen molar-refractivity contribution in [3.8, 4) is 0 Å². The maximum atomic E-state index is 11.1. The quantitative estimate of drug-likeness (QED) is 0.586. The summed E-state index contributed by atoms with van der Waals surface area (Å²) in [5.41, 5.74) is 0. The summed E-state index contributed by atoms with van der Waals surface area (Å²) >= 11 is 0. The molecule has 0 N–H and O–H groups in total. The van der Waals surface area contributed by atoms with Gasteiger partial charge < -0.3 is 4.90 Å². The van der Waals surface area contributed by atoms with Crippen molar-refractivity contribution in [1.82, 2.24) is 4.90 Å². The second kappa shape index (κ2) is 3.70. The Morgan fingerprint density at radius 3 is 2.33 bits per heavy atom. The molecule has 0 bridgehead atoms. The number of hydrogen-bond donors (Lipinski definition) is 0. The highest BCUT2D eigenvalue weighted by molar-refractivity contribution is 5.86. The molecule has 0 aliphatic carbocycles. The zero-order chi connectivity index (χ0) is 9.14. The predicted molar refractivity (Wildman–Crippen MR) is 45.7 cm³/mol. The Balaban J connectivity index is 2.67. The summed E-state index contributed by atoms with van der Waals surface area (Å²) in [6, 6.07) is -0.142. The molecule has 0 radical (unpaired) electrons. The molecule has 1 atom stereocenters. The van der Waals surface area contributed by atoms with Gasteiger partial charge in [0.2, 0.25) is 5.91 Å². The zero-order valence-corrected chi connectivity index (χ0v) is 7.67. The Bertz CT molecular complexity index is 179. The third-order valence-electron chi connectivity index (χ3n) is 2.38. The monoisotopic (exact) mass is 169 g/mol. The lowest BCUT2D eigenvalue weighted by molar-refractivity contribution is -0.138. The highest BCUT2D eigenvalue weighted by atomic mass is 16.2. The van der Waals surface area contributed by atoms with Gasteiger partial charge in [0, 0.05) is 13.5 Å². The first kappa shape index (κ1) is 9.23. The normalized spacial score (nSPS) is 23.8. The average molecular weight is 169 g/mol. The number of rotatable bonds is 1. The summed E-state index contributed by atoms with van der Waals surface area (Å²) in [6.07, 6.45) is 2.94. The van der Waals surface area contributed by atoms with Gasteiger partial charge in [-0.1, -0.05) is 0 Å². The number of carbonyl (C=O) groups excluding carboxylic acids is 2. The van der Waals surface area contributed by atoms with E-state index in [9.17, 15) is 9.59 Å². The lowest BCUT2D eigenvalue weighted by Gasteiger charge is -2.33. The molecule has 0 aromatic rings. The smallest absolute Gasteiger partial charge is 0.220 e. The van der Waals surface area contributed by atoms with Crippen LogP contribution in [0.3, 0.4) is 0 Å². The van der Waals surface area contributed by atoms with E-state index in [0.717, 1.165) is 25.8 Å². The molecule has 1 fully saturated rings. The first-order valence-electron chi connectivity index (χ1n) is 4.40. The van der Waals surface area contributed by atoms with Crippen molar-refractivity contribution in [2.75, 3.05) is 6.54 Å². The number of piperidine rings is 1. The van der Waals surface area contributed by atoms with Crippen molar-refractivity contribution in [2.24, 2.45) is 0 Å². The van der Waals surface area contributed by atoms with Crippen LogP contribution in [0.5, 0.6) is 0 Å². The van der Waals surface area contributed by atoms with Crippen LogP contribution in [0.4, 0.5) is 0 Å². The highest BCUT2D eigenvalue weighted by Gasteiger charge is 2.27. The van der Waals surface area contributed by atoms with Crippen LogP contribution >= 0.6 is 0 Å². The van der Waals surface area contributed by atoms with Crippen LogP contribution in [-0.4, -0.2) is 29.2 Å². The van der Waals surface area contributed by atoms with Gasteiger partial charge in [-0.3, -0.25) is 9.59 Å². The Labute approximate surface area is 72.7 Å². The fourth-order valence-corrected chi connectivity index (χ4v) is 1.73. The van der Waals surface area contributed by atoms with Crippen LogP contribution in [0.1, 0.15) is 33.1 Å². The largest absolute Gasteiger partial charge is 0.333 e. The van der Waals surface area contributed by atoms with E-state index in [0.29, 0.717) is 0 Å². The SMILES string of the molecule is CC(=O)C1CCCCN1C(C)=O. The first-order valence-corrected chi connectivity index (χ1v) is 4.40. The van der Waals surface area contributed by atoms with E-state index < -0.39 is 0 Å². The molecule has 68 valence electrons. The summed E-state index contributed by atoms with van der Waals surface area (Å²) in [6.45, 7) is 3.84.